The smallest absolute Gasteiger partial charge is 0.328 e. The Bertz CT molecular complexity index is 719. The zero-order valence-electron chi connectivity index (χ0n) is 17.6. The molecule has 0 aliphatic heterocycles. The fourth-order valence-electron chi connectivity index (χ4n) is 2.39. The predicted molar refractivity (Wildman–Crippen MR) is 112 cm³/mol. The van der Waals surface area contributed by atoms with Gasteiger partial charge in [-0.2, -0.15) is 11.8 Å². The largest absolute Gasteiger partial charge is 0.481 e. The van der Waals surface area contributed by atoms with Gasteiger partial charge in [-0.05, 0) is 25.4 Å². The van der Waals surface area contributed by atoms with Gasteiger partial charge in [-0.3, -0.25) is 24.0 Å². The molecule has 0 aliphatic rings. The molecule has 0 saturated heterocycles. The van der Waals surface area contributed by atoms with Crippen molar-refractivity contribution in [3.05, 3.63) is 0 Å². The van der Waals surface area contributed by atoms with Gasteiger partial charge in [0.15, 0.2) is 6.04 Å². The first-order valence-corrected chi connectivity index (χ1v) is 10.8. The van der Waals surface area contributed by atoms with Crippen molar-refractivity contribution in [1.82, 2.24) is 16.0 Å². The van der Waals surface area contributed by atoms with Crippen LogP contribution in [0.3, 0.4) is 0 Å². The highest BCUT2D eigenvalue weighted by molar-refractivity contribution is 7.98. The van der Waals surface area contributed by atoms with E-state index in [0.29, 0.717) is 5.75 Å². The van der Waals surface area contributed by atoms with Crippen LogP contribution in [-0.4, -0.2) is 93.2 Å². The fraction of sp³-hybridized carbons (Fsp3) is 0.647. The number of hydrogen-bond acceptors (Lipinski definition) is 9. The quantitative estimate of drug-likeness (QED) is 0.114. The summed E-state index contributed by atoms with van der Waals surface area (Å²) in [7, 11) is 0. The van der Waals surface area contributed by atoms with Crippen LogP contribution < -0.4 is 27.4 Å². The van der Waals surface area contributed by atoms with Gasteiger partial charge in [0.1, 0.15) is 12.1 Å². The summed E-state index contributed by atoms with van der Waals surface area (Å²) in [5, 5.41) is 33.9. The van der Waals surface area contributed by atoms with Crippen molar-refractivity contribution in [3.63, 3.8) is 0 Å². The van der Waals surface area contributed by atoms with Gasteiger partial charge in [0.25, 0.3) is 0 Å². The van der Waals surface area contributed by atoms with Crippen LogP contribution in [0.15, 0.2) is 0 Å². The highest BCUT2D eigenvalue weighted by Gasteiger charge is 2.32. The third-order valence-corrected chi connectivity index (χ3v) is 4.70. The van der Waals surface area contributed by atoms with E-state index in [1.165, 1.54) is 11.8 Å². The lowest BCUT2D eigenvalue weighted by molar-refractivity contribution is -0.145. The average Bonchev–Trinajstić information content (AvgIpc) is 2.66. The number of rotatable bonds is 15. The zero-order chi connectivity index (χ0) is 25.0. The minimum Gasteiger partial charge on any atom is -0.481 e. The van der Waals surface area contributed by atoms with E-state index in [2.05, 4.69) is 16.0 Å². The highest BCUT2D eigenvalue weighted by Crippen LogP contribution is 2.05. The SMILES string of the molecule is CSCCC(NC(=O)C(CC(N)=O)NC(=O)C(N)CC(=O)O)C(=O)NC(C(=O)O)C(C)O. The van der Waals surface area contributed by atoms with Gasteiger partial charge in [-0.1, -0.05) is 0 Å². The van der Waals surface area contributed by atoms with Crippen molar-refractivity contribution < 1.29 is 44.1 Å². The number of carbonyl (C=O) groups is 6. The van der Waals surface area contributed by atoms with Crippen LogP contribution in [0.25, 0.3) is 0 Å². The van der Waals surface area contributed by atoms with E-state index in [9.17, 15) is 33.9 Å². The molecular weight excluding hydrogens is 450 g/mol. The van der Waals surface area contributed by atoms with E-state index in [0.717, 1.165) is 6.92 Å². The van der Waals surface area contributed by atoms with E-state index >= 15 is 0 Å². The van der Waals surface area contributed by atoms with Crippen molar-refractivity contribution in [2.75, 3.05) is 12.0 Å². The summed E-state index contributed by atoms with van der Waals surface area (Å²) >= 11 is 1.33. The number of thioether (sulfide) groups is 1. The number of carboxylic acids is 2. The minimum atomic E-state index is -1.63. The summed E-state index contributed by atoms with van der Waals surface area (Å²) < 4.78 is 0. The number of hydrogen-bond donors (Lipinski definition) is 8. The van der Waals surface area contributed by atoms with E-state index in [1.54, 1.807) is 6.26 Å². The van der Waals surface area contributed by atoms with Crippen molar-refractivity contribution >= 4 is 47.3 Å². The molecule has 32 heavy (non-hydrogen) atoms. The summed E-state index contributed by atoms with van der Waals surface area (Å²) in [5.74, 6) is -6.38. The van der Waals surface area contributed by atoms with Crippen LogP contribution in [0.1, 0.15) is 26.2 Å². The summed E-state index contributed by atoms with van der Waals surface area (Å²) in [6, 6.07) is -5.97. The van der Waals surface area contributed by atoms with Gasteiger partial charge >= 0.3 is 11.9 Å². The topological polar surface area (TPSA) is 251 Å². The standard InChI is InChI=1S/C17H29N5O9S/c1-7(23)13(17(30)31)22-15(28)9(3-4-32-2)20-16(29)10(6-11(19)24)21-14(27)8(18)5-12(25)26/h7-10,13,23H,3-6,18H2,1-2H3,(H2,19,24)(H,20,29)(H,21,27)(H,22,28)(H,25,26)(H,30,31). The zero-order valence-corrected chi connectivity index (χ0v) is 18.4. The number of amides is 4. The lowest BCUT2D eigenvalue weighted by Gasteiger charge is -2.25. The normalized spacial score (nSPS) is 15.4. The second kappa shape index (κ2) is 14.2. The van der Waals surface area contributed by atoms with E-state index < -0.39 is 78.7 Å². The molecule has 182 valence electrons. The summed E-state index contributed by atoms with van der Waals surface area (Å²) in [6.45, 7) is 1.16. The van der Waals surface area contributed by atoms with Crippen molar-refractivity contribution in [2.24, 2.45) is 11.5 Å². The molecule has 0 radical (unpaired) electrons. The van der Waals surface area contributed by atoms with Crippen molar-refractivity contribution in [2.45, 2.75) is 56.5 Å². The molecule has 0 saturated carbocycles. The minimum absolute atomic E-state index is 0.0562. The molecule has 0 heterocycles. The maximum atomic E-state index is 12.6. The molecule has 10 N–H and O–H groups in total. The van der Waals surface area contributed by atoms with E-state index in [-0.39, 0.29) is 6.42 Å². The van der Waals surface area contributed by atoms with Crippen LogP contribution in [0.2, 0.25) is 0 Å². The maximum absolute atomic E-state index is 12.6. The molecular formula is C17H29N5O9S. The lowest BCUT2D eigenvalue weighted by Crippen LogP contribution is -2.59. The molecule has 0 aliphatic carbocycles. The van der Waals surface area contributed by atoms with Gasteiger partial charge in [-0.15, -0.1) is 0 Å². The van der Waals surface area contributed by atoms with Gasteiger partial charge < -0.3 is 42.7 Å². The van der Waals surface area contributed by atoms with Crippen molar-refractivity contribution in [3.8, 4) is 0 Å². The molecule has 0 fully saturated rings. The number of aliphatic hydroxyl groups excluding tert-OH is 1. The number of aliphatic hydroxyl groups is 1. The molecule has 5 unspecified atom stereocenters. The average molecular weight is 480 g/mol. The number of carboxylic acid groups (broad SMARTS) is 2. The predicted octanol–water partition coefficient (Wildman–Crippen LogP) is -3.66. The Morgan fingerprint density at radius 2 is 1.44 bits per heavy atom. The number of carbonyl (C=O) groups excluding carboxylic acids is 4. The molecule has 14 nitrogen and oxygen atoms in total. The molecule has 0 rings (SSSR count). The van der Waals surface area contributed by atoms with Crippen LogP contribution in [0, 0.1) is 0 Å². The van der Waals surface area contributed by atoms with Crippen LogP contribution in [0.5, 0.6) is 0 Å². The number of aliphatic carboxylic acids is 2. The van der Waals surface area contributed by atoms with Crippen LogP contribution in [0.4, 0.5) is 0 Å². The Kier molecular flexibility index (Phi) is 12.9. The molecule has 4 amide bonds. The highest BCUT2D eigenvalue weighted by atomic mass is 32.2. The summed E-state index contributed by atoms with van der Waals surface area (Å²) in [5.41, 5.74) is 10.5. The first-order chi connectivity index (χ1) is 14.8. The molecule has 0 aromatic heterocycles. The summed E-state index contributed by atoms with van der Waals surface area (Å²) in [6.07, 6.45) is -1.04. The van der Waals surface area contributed by atoms with Crippen LogP contribution in [-0.2, 0) is 28.8 Å². The first kappa shape index (κ1) is 29.1. The van der Waals surface area contributed by atoms with Gasteiger partial charge in [0, 0.05) is 0 Å². The Morgan fingerprint density at radius 3 is 1.88 bits per heavy atom. The molecule has 5 atom stereocenters. The Hall–Kier alpha value is -2.91. The Balaban J connectivity index is 5.48. The second-order valence-corrected chi connectivity index (χ2v) is 7.83. The third-order valence-electron chi connectivity index (χ3n) is 4.06. The monoisotopic (exact) mass is 479 g/mol. The van der Waals surface area contributed by atoms with E-state index in [1.807, 2.05) is 0 Å². The Labute approximate surface area is 187 Å². The molecule has 0 spiro atoms. The van der Waals surface area contributed by atoms with Crippen molar-refractivity contribution in [1.29, 1.82) is 0 Å². The second-order valence-electron chi connectivity index (χ2n) is 6.84. The molecule has 0 aromatic rings. The molecule has 15 heteroatoms. The number of nitrogens with two attached hydrogens (primary N) is 2. The summed E-state index contributed by atoms with van der Waals surface area (Å²) in [4.78, 5) is 70.5. The third kappa shape index (κ3) is 10.9. The fourth-order valence-corrected chi connectivity index (χ4v) is 2.86. The van der Waals surface area contributed by atoms with Crippen LogP contribution >= 0.6 is 11.8 Å². The lowest BCUT2D eigenvalue weighted by atomic mass is 10.1. The maximum Gasteiger partial charge on any atom is 0.328 e. The Morgan fingerprint density at radius 1 is 0.906 bits per heavy atom. The number of nitrogens with one attached hydrogen (secondary N) is 3. The molecule has 0 aromatic carbocycles. The first-order valence-electron chi connectivity index (χ1n) is 9.36. The molecule has 0 bridgehead atoms. The van der Waals surface area contributed by atoms with Gasteiger partial charge in [0.05, 0.1) is 25.0 Å². The van der Waals surface area contributed by atoms with Gasteiger partial charge in [0.2, 0.25) is 23.6 Å². The number of primary amides is 1. The van der Waals surface area contributed by atoms with Gasteiger partial charge in [-0.25, -0.2) is 4.79 Å². The van der Waals surface area contributed by atoms with E-state index in [4.69, 9.17) is 21.7 Å².